The second-order valence-electron chi connectivity index (χ2n) is 4.40. The molecule has 0 spiro atoms. The highest BCUT2D eigenvalue weighted by atomic mass is 32.1. The zero-order valence-electron chi connectivity index (χ0n) is 8.99. The molecule has 4 heteroatoms. The van der Waals surface area contributed by atoms with Crippen molar-refractivity contribution in [2.24, 2.45) is 0 Å². The van der Waals surface area contributed by atoms with Gasteiger partial charge in [-0.3, -0.25) is 4.79 Å². The van der Waals surface area contributed by atoms with E-state index in [1.54, 1.807) is 30.1 Å². The second-order valence-corrected chi connectivity index (χ2v) is 5.41. The van der Waals surface area contributed by atoms with Crippen LogP contribution in [0.1, 0.15) is 24.3 Å². The summed E-state index contributed by atoms with van der Waals surface area (Å²) in [6.45, 7) is 4.44. The number of hydrogen-bond donors (Lipinski definition) is 1. The van der Waals surface area contributed by atoms with Crippen LogP contribution in [-0.4, -0.2) is 28.1 Å². The Hall–Kier alpha value is -0.870. The summed E-state index contributed by atoms with van der Waals surface area (Å²) in [4.78, 5) is 14.9. The lowest BCUT2D eigenvalue weighted by Gasteiger charge is -2.31. The lowest BCUT2D eigenvalue weighted by molar-refractivity contribution is -0.148. The summed E-state index contributed by atoms with van der Waals surface area (Å²) in [6, 6.07) is 2.06. The fourth-order valence-electron chi connectivity index (χ4n) is 1.81. The number of carbonyl (C=O) groups is 1. The first-order valence-electron chi connectivity index (χ1n) is 5.05. The molecule has 0 saturated heterocycles. The van der Waals surface area contributed by atoms with Crippen LogP contribution in [0.4, 0.5) is 0 Å². The van der Waals surface area contributed by atoms with E-state index in [2.05, 4.69) is 11.4 Å². The van der Waals surface area contributed by atoms with Crippen LogP contribution >= 0.6 is 11.3 Å². The quantitative estimate of drug-likeness (QED) is 0.785. The van der Waals surface area contributed by atoms with Gasteiger partial charge >= 0.3 is 0 Å². The first-order chi connectivity index (χ1) is 6.98. The van der Waals surface area contributed by atoms with E-state index in [0.29, 0.717) is 6.54 Å². The molecule has 1 aliphatic rings. The van der Waals surface area contributed by atoms with Gasteiger partial charge in [-0.25, -0.2) is 0 Å². The van der Waals surface area contributed by atoms with Crippen molar-refractivity contribution in [3.63, 3.8) is 0 Å². The maximum Gasteiger partial charge on any atom is 0.254 e. The number of hydrogen-bond acceptors (Lipinski definition) is 3. The Morgan fingerprint density at radius 2 is 2.33 bits per heavy atom. The largest absolute Gasteiger partial charge is 0.381 e. The lowest BCUT2D eigenvalue weighted by Crippen LogP contribution is -2.46. The SMILES string of the molecule is CC(C)(O)C(=O)N1CCc2sccc2C1. The van der Waals surface area contributed by atoms with Crippen LogP contribution in [0.15, 0.2) is 11.4 Å². The van der Waals surface area contributed by atoms with Crippen molar-refractivity contribution in [1.29, 1.82) is 0 Å². The summed E-state index contributed by atoms with van der Waals surface area (Å²) in [5.41, 5.74) is -0.0306. The Morgan fingerprint density at radius 1 is 1.60 bits per heavy atom. The van der Waals surface area contributed by atoms with Crippen LogP contribution in [0.25, 0.3) is 0 Å². The summed E-state index contributed by atoms with van der Waals surface area (Å²) < 4.78 is 0. The highest BCUT2D eigenvalue weighted by Crippen LogP contribution is 2.25. The van der Waals surface area contributed by atoms with Crippen molar-refractivity contribution >= 4 is 17.2 Å². The monoisotopic (exact) mass is 225 g/mol. The van der Waals surface area contributed by atoms with Crippen LogP contribution < -0.4 is 0 Å². The molecule has 82 valence electrons. The maximum absolute atomic E-state index is 11.8. The minimum absolute atomic E-state index is 0.181. The van der Waals surface area contributed by atoms with Crippen molar-refractivity contribution in [3.05, 3.63) is 21.9 Å². The summed E-state index contributed by atoms with van der Waals surface area (Å²) in [5, 5.41) is 11.7. The fourth-order valence-corrected chi connectivity index (χ4v) is 2.70. The molecule has 1 amide bonds. The van der Waals surface area contributed by atoms with Gasteiger partial charge in [0.1, 0.15) is 5.60 Å². The summed E-state index contributed by atoms with van der Waals surface area (Å²) in [7, 11) is 0. The summed E-state index contributed by atoms with van der Waals surface area (Å²) in [5.74, 6) is -0.181. The molecular formula is C11H15NO2S. The molecule has 2 heterocycles. The number of fused-ring (bicyclic) bond motifs is 1. The predicted octanol–water partition coefficient (Wildman–Crippen LogP) is 1.40. The van der Waals surface area contributed by atoms with Gasteiger partial charge in [-0.05, 0) is 37.3 Å². The average molecular weight is 225 g/mol. The minimum atomic E-state index is -1.26. The Kier molecular flexibility index (Phi) is 2.56. The van der Waals surface area contributed by atoms with E-state index >= 15 is 0 Å². The Balaban J connectivity index is 2.14. The number of amides is 1. The van der Waals surface area contributed by atoms with E-state index in [1.807, 2.05) is 0 Å². The maximum atomic E-state index is 11.8. The topological polar surface area (TPSA) is 40.5 Å². The molecule has 1 aromatic heterocycles. The highest BCUT2D eigenvalue weighted by molar-refractivity contribution is 7.10. The number of aliphatic hydroxyl groups is 1. The number of rotatable bonds is 1. The van der Waals surface area contributed by atoms with Crippen LogP contribution in [0.2, 0.25) is 0 Å². The average Bonchev–Trinajstić information content (AvgIpc) is 2.61. The Bertz CT molecular complexity index is 378. The van der Waals surface area contributed by atoms with Gasteiger partial charge in [-0.15, -0.1) is 11.3 Å². The van der Waals surface area contributed by atoms with Crippen LogP contribution in [-0.2, 0) is 17.8 Å². The van der Waals surface area contributed by atoms with Gasteiger partial charge in [0.25, 0.3) is 5.91 Å². The predicted molar refractivity (Wildman–Crippen MR) is 59.7 cm³/mol. The number of carbonyl (C=O) groups excluding carboxylic acids is 1. The first kappa shape index (κ1) is 10.6. The van der Waals surface area contributed by atoms with E-state index < -0.39 is 5.60 Å². The summed E-state index contributed by atoms with van der Waals surface area (Å²) >= 11 is 1.75. The molecule has 2 rings (SSSR count). The van der Waals surface area contributed by atoms with Gasteiger partial charge in [0.15, 0.2) is 0 Å². The molecule has 0 bridgehead atoms. The smallest absolute Gasteiger partial charge is 0.254 e. The number of thiophene rings is 1. The molecule has 0 radical (unpaired) electrons. The summed E-state index contributed by atoms with van der Waals surface area (Å²) in [6.07, 6.45) is 0.912. The zero-order chi connectivity index (χ0) is 11.1. The molecule has 0 aromatic carbocycles. The molecule has 0 unspecified atom stereocenters. The second kappa shape index (κ2) is 3.61. The van der Waals surface area contributed by atoms with Gasteiger partial charge in [-0.2, -0.15) is 0 Å². The van der Waals surface area contributed by atoms with Gasteiger partial charge in [0.2, 0.25) is 0 Å². The van der Waals surface area contributed by atoms with E-state index in [4.69, 9.17) is 0 Å². The highest BCUT2D eigenvalue weighted by Gasteiger charge is 2.31. The Labute approximate surface area is 93.3 Å². The molecule has 0 aliphatic carbocycles. The van der Waals surface area contributed by atoms with E-state index in [0.717, 1.165) is 13.0 Å². The molecule has 1 N–H and O–H groups in total. The lowest BCUT2D eigenvalue weighted by atomic mass is 10.0. The van der Waals surface area contributed by atoms with Crippen LogP contribution in [0, 0.1) is 0 Å². The van der Waals surface area contributed by atoms with Gasteiger partial charge < -0.3 is 10.0 Å². The van der Waals surface area contributed by atoms with Crippen LogP contribution in [0.5, 0.6) is 0 Å². The molecule has 0 saturated carbocycles. The third kappa shape index (κ3) is 2.06. The molecule has 1 aliphatic heterocycles. The number of nitrogens with zero attached hydrogens (tertiary/aromatic N) is 1. The van der Waals surface area contributed by atoms with Crippen molar-refractivity contribution in [3.8, 4) is 0 Å². The molecule has 0 fully saturated rings. The third-order valence-electron chi connectivity index (χ3n) is 2.62. The Morgan fingerprint density at radius 3 is 3.00 bits per heavy atom. The molecule has 15 heavy (non-hydrogen) atoms. The van der Waals surface area contributed by atoms with Crippen molar-refractivity contribution in [1.82, 2.24) is 4.90 Å². The normalized spacial score (nSPS) is 16.3. The van der Waals surface area contributed by atoms with Crippen molar-refractivity contribution < 1.29 is 9.90 Å². The zero-order valence-corrected chi connectivity index (χ0v) is 9.80. The van der Waals surface area contributed by atoms with Crippen LogP contribution in [0.3, 0.4) is 0 Å². The first-order valence-corrected chi connectivity index (χ1v) is 5.93. The van der Waals surface area contributed by atoms with Gasteiger partial charge in [0, 0.05) is 18.0 Å². The molecular weight excluding hydrogens is 210 g/mol. The third-order valence-corrected chi connectivity index (χ3v) is 3.64. The minimum Gasteiger partial charge on any atom is -0.381 e. The molecule has 3 nitrogen and oxygen atoms in total. The van der Waals surface area contributed by atoms with E-state index in [1.165, 1.54) is 10.4 Å². The van der Waals surface area contributed by atoms with Crippen molar-refractivity contribution in [2.75, 3.05) is 6.54 Å². The van der Waals surface area contributed by atoms with E-state index in [-0.39, 0.29) is 5.91 Å². The van der Waals surface area contributed by atoms with Crippen molar-refractivity contribution in [2.45, 2.75) is 32.4 Å². The van der Waals surface area contributed by atoms with E-state index in [9.17, 15) is 9.90 Å². The molecule has 0 atom stereocenters. The van der Waals surface area contributed by atoms with Gasteiger partial charge in [0.05, 0.1) is 0 Å². The fraction of sp³-hybridized carbons (Fsp3) is 0.545. The molecule has 1 aromatic rings. The standard InChI is InChI=1S/C11H15NO2S/c1-11(2,14)10(13)12-5-3-9-8(7-12)4-6-15-9/h4,6,14H,3,5,7H2,1-2H3. The van der Waals surface area contributed by atoms with Gasteiger partial charge in [-0.1, -0.05) is 0 Å².